The summed E-state index contributed by atoms with van der Waals surface area (Å²) >= 11 is 0. The van der Waals surface area contributed by atoms with Crippen molar-refractivity contribution in [2.75, 3.05) is 4.72 Å². The molecule has 0 aliphatic carbocycles. The molecule has 1 aromatic carbocycles. The van der Waals surface area contributed by atoms with Crippen molar-refractivity contribution in [3.05, 3.63) is 53.2 Å². The number of aromatic nitrogens is 1. The van der Waals surface area contributed by atoms with Gasteiger partial charge in [-0.3, -0.25) is 4.72 Å². The molecule has 1 heterocycles. The highest BCUT2D eigenvalue weighted by Crippen LogP contribution is 2.17. The number of sulfonamides is 1. The van der Waals surface area contributed by atoms with Crippen LogP contribution in [0.2, 0.25) is 0 Å². The van der Waals surface area contributed by atoms with E-state index in [9.17, 15) is 8.42 Å². The molecule has 0 fully saturated rings. The number of hydrogen-bond donors (Lipinski definition) is 1. The first-order chi connectivity index (χ1) is 8.88. The van der Waals surface area contributed by atoms with Gasteiger partial charge in [0.25, 0.3) is 10.0 Å². The molecule has 1 aromatic heterocycles. The first-order valence-electron chi connectivity index (χ1n) is 5.92. The molecule has 0 bridgehead atoms. The number of nitrogens with zero attached hydrogens (tertiary/aromatic N) is 1. The van der Waals surface area contributed by atoms with E-state index in [0.717, 1.165) is 16.8 Å². The lowest BCUT2D eigenvalue weighted by Crippen LogP contribution is -2.14. The zero-order valence-electron chi connectivity index (χ0n) is 11.1. The number of rotatable bonds is 3. The molecule has 0 spiro atoms. The van der Waals surface area contributed by atoms with Crippen molar-refractivity contribution in [3.63, 3.8) is 0 Å². The minimum atomic E-state index is -3.58. The Hall–Kier alpha value is -1.88. The van der Waals surface area contributed by atoms with Gasteiger partial charge in [-0.1, -0.05) is 12.1 Å². The maximum absolute atomic E-state index is 12.2. The first-order valence-corrected chi connectivity index (χ1v) is 7.40. The third-order valence-electron chi connectivity index (χ3n) is 2.92. The average molecular weight is 276 g/mol. The number of nitrogens with one attached hydrogen (secondary N) is 1. The third-order valence-corrected chi connectivity index (χ3v) is 4.27. The highest BCUT2D eigenvalue weighted by Gasteiger charge is 2.15. The fraction of sp³-hybridized carbons (Fsp3) is 0.214. The molecule has 0 saturated carbocycles. The Labute approximate surface area is 113 Å². The van der Waals surface area contributed by atoms with Crippen LogP contribution in [-0.2, 0) is 10.0 Å². The molecule has 4 nitrogen and oxygen atoms in total. The average Bonchev–Trinajstić information content (AvgIpc) is 2.32. The maximum Gasteiger partial charge on any atom is 0.263 e. The lowest BCUT2D eigenvalue weighted by Gasteiger charge is -2.09. The molecule has 2 aromatic rings. The Balaban J connectivity index is 2.35. The smallest absolute Gasteiger partial charge is 0.263 e. The first kappa shape index (κ1) is 13.5. The fourth-order valence-corrected chi connectivity index (χ4v) is 2.76. The number of pyridine rings is 1. The van der Waals surface area contributed by atoms with Gasteiger partial charge in [-0.05, 0) is 56.2 Å². The van der Waals surface area contributed by atoms with Crippen LogP contribution in [0.3, 0.4) is 0 Å². The van der Waals surface area contributed by atoms with Gasteiger partial charge in [-0.2, -0.15) is 0 Å². The quantitative estimate of drug-likeness (QED) is 0.937. The maximum atomic E-state index is 12.2. The molecule has 1 N–H and O–H groups in total. The Kier molecular flexibility index (Phi) is 3.57. The van der Waals surface area contributed by atoms with E-state index in [2.05, 4.69) is 9.71 Å². The normalized spacial score (nSPS) is 11.3. The second kappa shape index (κ2) is 5.01. The van der Waals surface area contributed by atoms with E-state index in [4.69, 9.17) is 0 Å². The summed E-state index contributed by atoms with van der Waals surface area (Å²) < 4.78 is 26.9. The zero-order valence-corrected chi connectivity index (χ0v) is 12.0. The number of hydrogen-bond acceptors (Lipinski definition) is 3. The minimum absolute atomic E-state index is 0.249. The van der Waals surface area contributed by atoms with Crippen molar-refractivity contribution in [1.82, 2.24) is 4.98 Å². The molecule has 0 radical (unpaired) electrons. The second-order valence-corrected chi connectivity index (χ2v) is 6.20. The van der Waals surface area contributed by atoms with E-state index in [1.54, 1.807) is 30.3 Å². The van der Waals surface area contributed by atoms with Crippen LogP contribution in [0.15, 0.2) is 41.3 Å². The highest BCUT2D eigenvalue weighted by atomic mass is 32.2. The van der Waals surface area contributed by atoms with Crippen molar-refractivity contribution in [3.8, 4) is 0 Å². The highest BCUT2D eigenvalue weighted by molar-refractivity contribution is 7.92. The molecule has 19 heavy (non-hydrogen) atoms. The summed E-state index contributed by atoms with van der Waals surface area (Å²) in [7, 11) is -3.58. The van der Waals surface area contributed by atoms with Gasteiger partial charge in [0.1, 0.15) is 5.82 Å². The lowest BCUT2D eigenvalue weighted by atomic mass is 10.1. The van der Waals surface area contributed by atoms with Crippen molar-refractivity contribution in [2.24, 2.45) is 0 Å². The number of benzene rings is 1. The van der Waals surface area contributed by atoms with Gasteiger partial charge in [0, 0.05) is 5.69 Å². The van der Waals surface area contributed by atoms with Crippen LogP contribution >= 0.6 is 0 Å². The monoisotopic (exact) mass is 276 g/mol. The van der Waals surface area contributed by atoms with Crippen molar-refractivity contribution in [1.29, 1.82) is 0 Å². The molecule has 0 aliphatic rings. The van der Waals surface area contributed by atoms with Crippen LogP contribution in [0.4, 0.5) is 5.82 Å². The van der Waals surface area contributed by atoms with Gasteiger partial charge in [0.05, 0.1) is 4.90 Å². The van der Waals surface area contributed by atoms with Gasteiger partial charge < -0.3 is 0 Å². The van der Waals surface area contributed by atoms with Gasteiger partial charge in [0.15, 0.2) is 0 Å². The van der Waals surface area contributed by atoms with E-state index in [0.29, 0.717) is 5.82 Å². The van der Waals surface area contributed by atoms with Crippen LogP contribution in [-0.4, -0.2) is 13.4 Å². The summed E-state index contributed by atoms with van der Waals surface area (Å²) in [6.45, 7) is 5.65. The molecule has 2 rings (SSSR count). The van der Waals surface area contributed by atoms with Gasteiger partial charge in [-0.15, -0.1) is 0 Å². The number of anilines is 1. The molecule has 100 valence electrons. The van der Waals surface area contributed by atoms with Gasteiger partial charge in [0.2, 0.25) is 0 Å². The Morgan fingerprint density at radius 3 is 2.37 bits per heavy atom. The standard InChI is InChI=1S/C14H16N2O2S/c1-10-7-8-13(9-11(10)2)19(17,18)16-14-6-4-5-12(3)15-14/h4-9H,1-3H3,(H,15,16). The molecule has 0 saturated heterocycles. The molecule has 0 unspecified atom stereocenters. The SMILES string of the molecule is Cc1cccc(NS(=O)(=O)c2ccc(C)c(C)c2)n1. The van der Waals surface area contributed by atoms with E-state index in [1.807, 2.05) is 26.8 Å². The van der Waals surface area contributed by atoms with Crippen LogP contribution < -0.4 is 4.72 Å². The van der Waals surface area contributed by atoms with Crippen LogP contribution in [0, 0.1) is 20.8 Å². The minimum Gasteiger partial charge on any atom is -0.263 e. The third kappa shape index (κ3) is 3.12. The molecular weight excluding hydrogens is 260 g/mol. The lowest BCUT2D eigenvalue weighted by molar-refractivity contribution is 0.601. The Morgan fingerprint density at radius 2 is 1.74 bits per heavy atom. The van der Waals surface area contributed by atoms with Gasteiger partial charge >= 0.3 is 0 Å². The summed E-state index contributed by atoms with van der Waals surface area (Å²) in [6, 6.07) is 10.3. The van der Waals surface area contributed by atoms with Crippen LogP contribution in [0.25, 0.3) is 0 Å². The summed E-state index contributed by atoms with van der Waals surface area (Å²) in [5.74, 6) is 0.332. The molecule has 5 heteroatoms. The summed E-state index contributed by atoms with van der Waals surface area (Å²) in [5.41, 5.74) is 2.77. The Bertz CT molecular complexity index is 709. The van der Waals surface area contributed by atoms with Crippen molar-refractivity contribution >= 4 is 15.8 Å². The van der Waals surface area contributed by atoms with E-state index < -0.39 is 10.0 Å². The predicted octanol–water partition coefficient (Wildman–Crippen LogP) is 2.81. The molecule has 0 atom stereocenters. The summed E-state index contributed by atoms with van der Waals surface area (Å²) in [6.07, 6.45) is 0. The van der Waals surface area contributed by atoms with E-state index in [-0.39, 0.29) is 4.90 Å². The van der Waals surface area contributed by atoms with Gasteiger partial charge in [-0.25, -0.2) is 13.4 Å². The second-order valence-electron chi connectivity index (χ2n) is 4.52. The topological polar surface area (TPSA) is 59.1 Å². The van der Waals surface area contributed by atoms with E-state index >= 15 is 0 Å². The predicted molar refractivity (Wildman–Crippen MR) is 75.7 cm³/mol. The Morgan fingerprint density at radius 1 is 1.00 bits per heavy atom. The molecule has 0 aliphatic heterocycles. The summed E-state index contributed by atoms with van der Waals surface area (Å²) in [5, 5.41) is 0. The summed E-state index contributed by atoms with van der Waals surface area (Å²) in [4.78, 5) is 4.38. The molecular formula is C14H16N2O2S. The fourth-order valence-electron chi connectivity index (χ4n) is 1.68. The zero-order chi connectivity index (χ0) is 14.0. The van der Waals surface area contributed by atoms with Crippen molar-refractivity contribution < 1.29 is 8.42 Å². The van der Waals surface area contributed by atoms with Crippen LogP contribution in [0.5, 0.6) is 0 Å². The molecule has 0 amide bonds. The van der Waals surface area contributed by atoms with Crippen LogP contribution in [0.1, 0.15) is 16.8 Å². The number of aryl methyl sites for hydroxylation is 3. The van der Waals surface area contributed by atoms with E-state index in [1.165, 1.54) is 0 Å². The van der Waals surface area contributed by atoms with Crippen molar-refractivity contribution in [2.45, 2.75) is 25.7 Å². The largest absolute Gasteiger partial charge is 0.263 e.